The lowest BCUT2D eigenvalue weighted by Crippen LogP contribution is -2.22. The van der Waals surface area contributed by atoms with Crippen LogP contribution in [0.5, 0.6) is 5.75 Å². The summed E-state index contributed by atoms with van der Waals surface area (Å²) >= 11 is 6.84. The first-order valence-corrected chi connectivity index (χ1v) is 10.8. The van der Waals surface area contributed by atoms with Gasteiger partial charge in [0, 0.05) is 17.3 Å². The molecule has 1 saturated heterocycles. The molecule has 5 nitrogen and oxygen atoms in total. The fourth-order valence-corrected chi connectivity index (χ4v) is 3.70. The Bertz CT molecular complexity index is 1010. The van der Waals surface area contributed by atoms with Gasteiger partial charge in [0.05, 0.1) is 4.91 Å². The third-order valence-corrected chi connectivity index (χ3v) is 5.63. The van der Waals surface area contributed by atoms with Crippen LogP contribution in [0, 0.1) is 0 Å². The Morgan fingerprint density at radius 1 is 1.23 bits per heavy atom. The van der Waals surface area contributed by atoms with Gasteiger partial charge < -0.3 is 10.1 Å². The van der Waals surface area contributed by atoms with Gasteiger partial charge in [-0.1, -0.05) is 48.8 Å². The second-order valence-electron chi connectivity index (χ2n) is 6.66. The predicted molar refractivity (Wildman–Crippen MR) is 126 cm³/mol. The largest absolute Gasteiger partial charge is 0.488 e. The fourth-order valence-electron chi connectivity index (χ4n) is 2.89. The lowest BCUT2D eigenvalue weighted by molar-refractivity contribution is -0.115. The average Bonchev–Trinajstić information content (AvgIpc) is 3.06. The van der Waals surface area contributed by atoms with Gasteiger partial charge in [0.15, 0.2) is 7.28 Å². The Labute approximate surface area is 186 Å². The maximum absolute atomic E-state index is 11.7. The lowest BCUT2D eigenvalue weighted by Gasteiger charge is -2.15. The first-order chi connectivity index (χ1) is 14.5. The fraction of sp³-hybridized carbons (Fsp3) is 0.182. The topological polar surface area (TPSA) is 67.4 Å². The number of benzene rings is 2. The maximum Gasteiger partial charge on any atom is 0.290 e. The van der Waals surface area contributed by atoms with E-state index >= 15 is 0 Å². The molecule has 30 heavy (non-hydrogen) atoms. The van der Waals surface area contributed by atoms with Gasteiger partial charge in [-0.25, -0.2) is 0 Å². The molecule has 0 aromatic heterocycles. The van der Waals surface area contributed by atoms with Crippen molar-refractivity contribution in [2.45, 2.75) is 20.3 Å². The van der Waals surface area contributed by atoms with E-state index in [1.54, 1.807) is 6.08 Å². The summed E-state index contributed by atoms with van der Waals surface area (Å²) in [6.07, 6.45) is 3.71. The highest BCUT2D eigenvalue weighted by molar-refractivity contribution is 8.18. The van der Waals surface area contributed by atoms with Crippen molar-refractivity contribution in [1.82, 2.24) is 10.6 Å². The van der Waals surface area contributed by atoms with Crippen molar-refractivity contribution in [2.75, 3.05) is 6.61 Å². The zero-order valence-electron chi connectivity index (χ0n) is 16.8. The summed E-state index contributed by atoms with van der Waals surface area (Å²) in [6, 6.07) is 13.5. The minimum atomic E-state index is -0.354. The van der Waals surface area contributed by atoms with E-state index in [1.807, 2.05) is 55.5 Å². The number of nitrogens with one attached hydrogen (secondary N) is 2. The van der Waals surface area contributed by atoms with Gasteiger partial charge in [-0.15, -0.1) is 0 Å². The molecule has 1 aliphatic rings. The molecule has 1 heterocycles. The van der Waals surface area contributed by atoms with E-state index in [-0.39, 0.29) is 11.1 Å². The number of carbonyl (C=O) groups excluding carboxylic acids is 2. The number of halogens is 1. The molecule has 2 amide bonds. The van der Waals surface area contributed by atoms with Gasteiger partial charge in [0.25, 0.3) is 11.1 Å². The molecule has 0 radical (unpaired) electrons. The summed E-state index contributed by atoms with van der Waals surface area (Å²) in [5.41, 5.74) is 4.01. The first kappa shape index (κ1) is 22.1. The SMILES string of the molecule is CBc1cc(/C=C2\SC(=O)NC2=O)ccc1OC/C(=C/C)NCc1ccc(Cl)cc1. The quantitative estimate of drug-likeness (QED) is 0.482. The molecule has 0 bridgehead atoms. The monoisotopic (exact) mass is 440 g/mol. The molecule has 0 spiro atoms. The third-order valence-electron chi connectivity index (χ3n) is 4.57. The van der Waals surface area contributed by atoms with Gasteiger partial charge in [0.2, 0.25) is 0 Å². The summed E-state index contributed by atoms with van der Waals surface area (Å²) in [6.45, 7) is 5.13. The molecule has 0 unspecified atom stereocenters. The zero-order valence-corrected chi connectivity index (χ0v) is 18.4. The van der Waals surface area contributed by atoms with Crippen LogP contribution in [0.15, 0.2) is 59.1 Å². The molecule has 1 fully saturated rings. The standard InChI is InChI=1S/C22H22BClN2O3S/c1-3-17(25-12-14-4-7-16(24)8-5-14)13-29-19-9-6-15(10-18(19)23-2)11-20-21(27)26-22(28)30-20/h3-11,23,25H,12-13H2,1-2H3,(H,26,27,28)/b17-3-,20-11-. The van der Waals surface area contributed by atoms with E-state index in [0.29, 0.717) is 18.1 Å². The van der Waals surface area contributed by atoms with Gasteiger partial charge in [-0.2, -0.15) is 0 Å². The van der Waals surface area contributed by atoms with E-state index in [4.69, 9.17) is 16.3 Å². The first-order valence-electron chi connectivity index (χ1n) is 9.62. The number of imide groups is 1. The van der Waals surface area contributed by atoms with Crippen LogP contribution in [0.25, 0.3) is 6.08 Å². The minimum absolute atomic E-state index is 0.341. The number of ether oxygens (including phenoxy) is 1. The Hall–Kier alpha value is -2.64. The van der Waals surface area contributed by atoms with E-state index in [9.17, 15) is 9.59 Å². The molecule has 2 aromatic rings. The van der Waals surface area contributed by atoms with E-state index in [2.05, 4.69) is 17.5 Å². The van der Waals surface area contributed by atoms with Crippen LogP contribution >= 0.6 is 23.4 Å². The number of allylic oxidation sites excluding steroid dienone is 1. The van der Waals surface area contributed by atoms with Crippen molar-refractivity contribution < 1.29 is 14.3 Å². The van der Waals surface area contributed by atoms with Crippen LogP contribution in [0.3, 0.4) is 0 Å². The van der Waals surface area contributed by atoms with Gasteiger partial charge in [-0.3, -0.25) is 14.9 Å². The number of carbonyl (C=O) groups is 2. The molecular formula is C22H22BClN2O3S. The second-order valence-corrected chi connectivity index (χ2v) is 8.11. The maximum atomic E-state index is 11.7. The summed E-state index contributed by atoms with van der Waals surface area (Å²) < 4.78 is 6.04. The highest BCUT2D eigenvalue weighted by atomic mass is 35.5. The van der Waals surface area contributed by atoms with Crippen LogP contribution in [-0.4, -0.2) is 25.0 Å². The Morgan fingerprint density at radius 2 is 2.00 bits per heavy atom. The molecule has 2 aromatic carbocycles. The van der Waals surface area contributed by atoms with Crippen LogP contribution in [0.4, 0.5) is 4.79 Å². The van der Waals surface area contributed by atoms with Crippen molar-refractivity contribution >= 4 is 53.3 Å². The molecule has 0 saturated carbocycles. The minimum Gasteiger partial charge on any atom is -0.488 e. The normalized spacial score (nSPS) is 15.3. The summed E-state index contributed by atoms with van der Waals surface area (Å²) in [7, 11) is 0.786. The van der Waals surface area contributed by atoms with Crippen molar-refractivity contribution in [1.29, 1.82) is 0 Å². The van der Waals surface area contributed by atoms with E-state index in [0.717, 1.165) is 52.1 Å². The van der Waals surface area contributed by atoms with Crippen molar-refractivity contribution in [3.05, 3.63) is 75.3 Å². The van der Waals surface area contributed by atoms with E-state index in [1.165, 1.54) is 0 Å². The van der Waals surface area contributed by atoms with Gasteiger partial charge in [-0.05, 0) is 59.6 Å². The van der Waals surface area contributed by atoms with Crippen LogP contribution in [0.1, 0.15) is 18.1 Å². The molecular weight excluding hydrogens is 419 g/mol. The predicted octanol–water partition coefficient (Wildman–Crippen LogP) is 3.85. The highest BCUT2D eigenvalue weighted by Crippen LogP contribution is 2.25. The summed E-state index contributed by atoms with van der Waals surface area (Å²) in [4.78, 5) is 23.5. The highest BCUT2D eigenvalue weighted by Gasteiger charge is 2.25. The second kappa shape index (κ2) is 10.4. The molecule has 3 rings (SSSR count). The van der Waals surface area contributed by atoms with Crippen LogP contribution < -0.4 is 20.8 Å². The average molecular weight is 441 g/mol. The number of hydrogen-bond acceptors (Lipinski definition) is 5. The van der Waals surface area contributed by atoms with E-state index < -0.39 is 0 Å². The summed E-state index contributed by atoms with van der Waals surface area (Å²) in [5.74, 6) is 0.444. The molecule has 1 aliphatic heterocycles. The van der Waals surface area contributed by atoms with Crippen molar-refractivity contribution in [3.8, 4) is 5.75 Å². The van der Waals surface area contributed by atoms with Crippen molar-refractivity contribution in [3.63, 3.8) is 0 Å². The van der Waals surface area contributed by atoms with Gasteiger partial charge in [0.1, 0.15) is 12.4 Å². The Morgan fingerprint density at radius 3 is 2.63 bits per heavy atom. The van der Waals surface area contributed by atoms with Crippen molar-refractivity contribution in [2.24, 2.45) is 0 Å². The Kier molecular flexibility index (Phi) is 7.66. The van der Waals surface area contributed by atoms with Crippen LogP contribution in [0.2, 0.25) is 11.8 Å². The third kappa shape index (κ3) is 5.94. The number of hydrogen-bond donors (Lipinski definition) is 2. The van der Waals surface area contributed by atoms with Gasteiger partial charge >= 0.3 is 0 Å². The number of thioether (sulfide) groups is 1. The number of rotatable bonds is 8. The van der Waals surface area contributed by atoms with Crippen LogP contribution in [-0.2, 0) is 11.3 Å². The summed E-state index contributed by atoms with van der Waals surface area (Å²) in [5, 5.41) is 6.03. The molecule has 2 N–H and O–H groups in total. The zero-order chi connectivity index (χ0) is 21.5. The smallest absolute Gasteiger partial charge is 0.290 e. The Balaban J connectivity index is 1.62. The molecule has 0 aliphatic carbocycles. The number of amides is 2. The lowest BCUT2D eigenvalue weighted by atomic mass is 9.72. The molecule has 154 valence electrons. The molecule has 0 atom stereocenters. The molecule has 8 heteroatoms.